The quantitative estimate of drug-likeness (QED) is 0.491. The second kappa shape index (κ2) is 9.43. The molecule has 0 aliphatic rings. The summed E-state index contributed by atoms with van der Waals surface area (Å²) in [5.74, 6) is -2.07. The van der Waals surface area contributed by atoms with E-state index >= 15 is 0 Å². The van der Waals surface area contributed by atoms with Crippen molar-refractivity contribution in [3.63, 3.8) is 0 Å². The zero-order valence-electron chi connectivity index (χ0n) is 12.6. The Kier molecular flexibility index (Phi) is 9.12. The third kappa shape index (κ3) is 9.33. The molecule has 0 aromatic carbocycles. The van der Waals surface area contributed by atoms with Crippen molar-refractivity contribution in [3.8, 4) is 0 Å². The van der Waals surface area contributed by atoms with E-state index in [4.69, 9.17) is 5.73 Å². The molecule has 11 heteroatoms. The second-order valence-corrected chi connectivity index (χ2v) is 8.55. The predicted octanol–water partition coefficient (Wildman–Crippen LogP) is 1.37. The molecule has 0 radical (unpaired) electrons. The molecule has 130 valence electrons. The molecular formula is C11H23NO8P2. The normalized spacial score (nSPS) is 17.9. The third-order valence-corrected chi connectivity index (χ3v) is 5.43. The van der Waals surface area contributed by atoms with Crippen LogP contribution in [0.15, 0.2) is 0 Å². The first-order valence-corrected chi connectivity index (χ1v) is 10.4. The van der Waals surface area contributed by atoms with Crippen molar-refractivity contribution in [2.24, 2.45) is 5.73 Å². The molecule has 0 amide bonds. The van der Waals surface area contributed by atoms with Crippen LogP contribution in [-0.2, 0) is 27.8 Å². The minimum absolute atomic E-state index is 0.155. The van der Waals surface area contributed by atoms with E-state index in [1.165, 1.54) is 0 Å². The van der Waals surface area contributed by atoms with Crippen molar-refractivity contribution in [1.29, 1.82) is 0 Å². The Morgan fingerprint density at radius 2 is 1.50 bits per heavy atom. The highest BCUT2D eigenvalue weighted by atomic mass is 31.2. The van der Waals surface area contributed by atoms with Crippen molar-refractivity contribution >= 4 is 27.1 Å². The minimum atomic E-state index is -4.02. The van der Waals surface area contributed by atoms with E-state index in [1.807, 2.05) is 0 Å². The summed E-state index contributed by atoms with van der Waals surface area (Å²) in [6, 6.07) is -1.30. The molecule has 2 unspecified atom stereocenters. The van der Waals surface area contributed by atoms with E-state index in [1.54, 1.807) is 13.8 Å². The number of carbonyl (C=O) groups excluding carboxylic acids is 2. The molecule has 0 heterocycles. The molecule has 0 aliphatic carbocycles. The van der Waals surface area contributed by atoms with E-state index in [0.717, 1.165) is 0 Å². The molecule has 0 fully saturated rings. The van der Waals surface area contributed by atoms with Crippen LogP contribution in [0.1, 0.15) is 39.5 Å². The molecule has 3 atom stereocenters. The van der Waals surface area contributed by atoms with Crippen LogP contribution >= 0.6 is 15.2 Å². The van der Waals surface area contributed by atoms with Gasteiger partial charge in [0.15, 0.2) is 0 Å². The van der Waals surface area contributed by atoms with Crippen molar-refractivity contribution in [2.45, 2.75) is 45.6 Å². The van der Waals surface area contributed by atoms with Crippen LogP contribution in [0.5, 0.6) is 0 Å². The van der Waals surface area contributed by atoms with Crippen molar-refractivity contribution in [2.75, 3.05) is 12.3 Å². The molecule has 0 saturated heterocycles. The highest BCUT2D eigenvalue weighted by Crippen LogP contribution is 2.43. The summed E-state index contributed by atoms with van der Waals surface area (Å²) in [6.07, 6.45) is -0.221. The molecule has 0 saturated carbocycles. The monoisotopic (exact) mass is 359 g/mol. The average molecular weight is 359 g/mol. The minimum Gasteiger partial charge on any atom is -0.392 e. The van der Waals surface area contributed by atoms with Gasteiger partial charge in [0.05, 0.1) is 12.3 Å². The van der Waals surface area contributed by atoms with Gasteiger partial charge in [-0.05, 0) is 19.3 Å². The van der Waals surface area contributed by atoms with Gasteiger partial charge in [-0.25, -0.2) is 9.13 Å². The maximum Gasteiger partial charge on any atom is 0.378 e. The number of nitrogens with two attached hydrogens (primary N) is 1. The van der Waals surface area contributed by atoms with Gasteiger partial charge in [-0.3, -0.25) is 9.59 Å². The lowest BCUT2D eigenvalue weighted by molar-refractivity contribution is -0.137. The Labute approximate surface area is 129 Å². The van der Waals surface area contributed by atoms with Crippen LogP contribution < -0.4 is 5.73 Å². The Hall–Kier alpha value is -0.720. The molecule has 0 bridgehead atoms. The number of hydrogen-bond acceptors (Lipinski definition) is 7. The molecule has 0 aromatic rings. The summed E-state index contributed by atoms with van der Waals surface area (Å²) in [7, 11) is -7.99. The first-order valence-electron chi connectivity index (χ1n) is 6.88. The zero-order valence-corrected chi connectivity index (χ0v) is 14.4. The Morgan fingerprint density at radius 3 is 1.95 bits per heavy atom. The van der Waals surface area contributed by atoms with Gasteiger partial charge in [0.2, 0.25) is 0 Å². The van der Waals surface area contributed by atoms with E-state index in [0.29, 0.717) is 12.8 Å². The van der Waals surface area contributed by atoms with Crippen LogP contribution in [0.2, 0.25) is 0 Å². The topological polar surface area (TPSA) is 153 Å². The van der Waals surface area contributed by atoms with Gasteiger partial charge in [0.25, 0.3) is 0 Å². The van der Waals surface area contributed by atoms with Gasteiger partial charge >= 0.3 is 27.1 Å². The smallest absolute Gasteiger partial charge is 0.378 e. The molecule has 0 spiro atoms. The van der Waals surface area contributed by atoms with Gasteiger partial charge in [0.1, 0.15) is 6.04 Å². The summed E-state index contributed by atoms with van der Waals surface area (Å²) in [5, 5.41) is 0. The predicted molar refractivity (Wildman–Crippen MR) is 79.4 cm³/mol. The van der Waals surface area contributed by atoms with Gasteiger partial charge in [-0.1, -0.05) is 13.8 Å². The molecule has 9 nitrogen and oxygen atoms in total. The fourth-order valence-corrected chi connectivity index (χ4v) is 3.60. The first kappa shape index (κ1) is 21.3. The highest BCUT2D eigenvalue weighted by Gasteiger charge is 2.28. The highest BCUT2D eigenvalue weighted by molar-refractivity contribution is 7.53. The molecule has 0 rings (SSSR count). The molecule has 0 aliphatic heterocycles. The zero-order chi connectivity index (χ0) is 17.4. The van der Waals surface area contributed by atoms with Gasteiger partial charge in [-0.15, -0.1) is 0 Å². The van der Waals surface area contributed by atoms with E-state index in [9.17, 15) is 28.5 Å². The van der Waals surface area contributed by atoms with Gasteiger partial charge < -0.3 is 24.6 Å². The molecule has 0 aromatic heterocycles. The Morgan fingerprint density at radius 1 is 1.05 bits per heavy atom. The molecule has 22 heavy (non-hydrogen) atoms. The van der Waals surface area contributed by atoms with Crippen LogP contribution in [-0.4, -0.2) is 40.1 Å². The van der Waals surface area contributed by atoms with Crippen LogP contribution in [0.4, 0.5) is 0 Å². The lowest BCUT2D eigenvalue weighted by Gasteiger charge is -2.15. The second-order valence-electron chi connectivity index (χ2n) is 4.74. The maximum absolute atomic E-state index is 11.5. The average Bonchev–Trinajstić information content (AvgIpc) is 2.34. The van der Waals surface area contributed by atoms with Crippen molar-refractivity contribution in [3.05, 3.63) is 0 Å². The lowest BCUT2D eigenvalue weighted by atomic mass is 10.2. The SMILES string of the molecule is CCCP(=O)(O)OC(=O)CC[C@H](N)C(=O)OP(=O)(O)CCC. The third-order valence-electron chi connectivity index (χ3n) is 2.45. The van der Waals surface area contributed by atoms with Crippen LogP contribution in [0.25, 0.3) is 0 Å². The van der Waals surface area contributed by atoms with E-state index in [-0.39, 0.29) is 25.2 Å². The fourth-order valence-electron chi connectivity index (χ4n) is 1.46. The summed E-state index contributed by atoms with van der Waals surface area (Å²) in [4.78, 5) is 41.5. The molecule has 4 N–H and O–H groups in total. The van der Waals surface area contributed by atoms with Crippen molar-refractivity contribution in [1.82, 2.24) is 0 Å². The summed E-state index contributed by atoms with van der Waals surface area (Å²) in [6.45, 7) is 3.31. The first-order chi connectivity index (χ1) is 10.0. The number of carbonyl (C=O) groups is 2. The summed E-state index contributed by atoms with van der Waals surface area (Å²) in [5.41, 5.74) is 5.45. The lowest BCUT2D eigenvalue weighted by Crippen LogP contribution is -2.32. The van der Waals surface area contributed by atoms with Crippen LogP contribution in [0, 0.1) is 0 Å². The van der Waals surface area contributed by atoms with Gasteiger partial charge in [-0.2, -0.15) is 0 Å². The number of rotatable bonds is 10. The summed E-state index contributed by atoms with van der Waals surface area (Å²) >= 11 is 0. The maximum atomic E-state index is 11.5. The van der Waals surface area contributed by atoms with E-state index in [2.05, 4.69) is 9.05 Å². The molecular weight excluding hydrogens is 336 g/mol. The number of hydrogen-bond donors (Lipinski definition) is 3. The Bertz CT molecular complexity index is 481. The van der Waals surface area contributed by atoms with Crippen LogP contribution in [0.3, 0.4) is 0 Å². The fraction of sp³-hybridized carbons (Fsp3) is 0.818. The van der Waals surface area contributed by atoms with E-state index < -0.39 is 33.2 Å². The largest absolute Gasteiger partial charge is 0.392 e. The van der Waals surface area contributed by atoms with Crippen molar-refractivity contribution < 1.29 is 37.6 Å². The summed E-state index contributed by atoms with van der Waals surface area (Å²) < 4.78 is 31.6. The van der Waals surface area contributed by atoms with Gasteiger partial charge in [0, 0.05) is 6.42 Å². The standard InChI is InChI=1S/C11H23NO8P2/c1-3-7-21(15,16)19-10(13)6-5-9(12)11(14)20-22(17,18)8-4-2/h9H,3-8,12H2,1-2H3,(H,15,16)(H,17,18)/t9-/m0/s1. The Balaban J connectivity index is 4.30.